The van der Waals surface area contributed by atoms with E-state index in [4.69, 9.17) is 5.73 Å². The lowest BCUT2D eigenvalue weighted by atomic mass is 9.94. The van der Waals surface area contributed by atoms with E-state index in [9.17, 15) is 9.18 Å². The molecule has 0 heterocycles. The van der Waals surface area contributed by atoms with Crippen LogP contribution in [0.5, 0.6) is 0 Å². The molecule has 0 radical (unpaired) electrons. The fourth-order valence-corrected chi connectivity index (χ4v) is 3.45. The summed E-state index contributed by atoms with van der Waals surface area (Å²) in [4.78, 5) is 12.2. The van der Waals surface area contributed by atoms with Crippen molar-refractivity contribution in [2.75, 3.05) is 12.0 Å². The van der Waals surface area contributed by atoms with Crippen molar-refractivity contribution in [3.63, 3.8) is 0 Å². The van der Waals surface area contributed by atoms with Crippen molar-refractivity contribution in [1.29, 1.82) is 0 Å². The number of thioether (sulfide) groups is 1. The summed E-state index contributed by atoms with van der Waals surface area (Å²) in [7, 11) is 0. The van der Waals surface area contributed by atoms with Gasteiger partial charge in [-0.1, -0.05) is 12.8 Å². The summed E-state index contributed by atoms with van der Waals surface area (Å²) in [5.41, 5.74) is 6.27. The Morgan fingerprint density at radius 2 is 2.16 bits per heavy atom. The summed E-state index contributed by atoms with van der Waals surface area (Å²) in [6.07, 6.45) is 6.49. The van der Waals surface area contributed by atoms with Crippen molar-refractivity contribution in [1.82, 2.24) is 5.32 Å². The zero-order chi connectivity index (χ0) is 13.8. The molecule has 1 aromatic rings. The Morgan fingerprint density at radius 3 is 2.89 bits per heavy atom. The zero-order valence-electron chi connectivity index (χ0n) is 11.0. The van der Waals surface area contributed by atoms with E-state index in [0.717, 1.165) is 19.3 Å². The van der Waals surface area contributed by atoms with Crippen LogP contribution in [0.1, 0.15) is 36.0 Å². The van der Waals surface area contributed by atoms with Crippen molar-refractivity contribution in [2.45, 2.75) is 37.0 Å². The van der Waals surface area contributed by atoms with Gasteiger partial charge in [0, 0.05) is 17.0 Å². The second kappa shape index (κ2) is 6.28. The number of rotatable bonds is 3. The van der Waals surface area contributed by atoms with Crippen LogP contribution in [0.3, 0.4) is 0 Å². The number of hydrogen-bond donors (Lipinski definition) is 2. The second-order valence-electron chi connectivity index (χ2n) is 4.87. The molecule has 1 aliphatic carbocycles. The zero-order valence-corrected chi connectivity index (χ0v) is 11.8. The normalized spacial score (nSPS) is 23.1. The van der Waals surface area contributed by atoms with E-state index >= 15 is 0 Å². The van der Waals surface area contributed by atoms with Crippen molar-refractivity contribution < 1.29 is 9.18 Å². The van der Waals surface area contributed by atoms with Gasteiger partial charge < -0.3 is 11.1 Å². The number of hydrogen-bond acceptors (Lipinski definition) is 3. The molecule has 0 aliphatic heterocycles. The molecule has 1 amide bonds. The van der Waals surface area contributed by atoms with Crippen LogP contribution in [-0.2, 0) is 0 Å². The number of anilines is 1. The molecule has 2 atom stereocenters. The highest BCUT2D eigenvalue weighted by molar-refractivity contribution is 7.99. The lowest BCUT2D eigenvalue weighted by Crippen LogP contribution is -2.43. The molecule has 0 aromatic heterocycles. The molecule has 0 saturated heterocycles. The van der Waals surface area contributed by atoms with Gasteiger partial charge in [-0.2, -0.15) is 11.8 Å². The molecule has 1 saturated carbocycles. The van der Waals surface area contributed by atoms with Gasteiger partial charge in [-0.25, -0.2) is 4.39 Å². The van der Waals surface area contributed by atoms with Crippen LogP contribution in [0.4, 0.5) is 10.1 Å². The number of carbonyl (C=O) groups excluding carboxylic acids is 1. The average Bonchev–Trinajstić information content (AvgIpc) is 2.42. The third-order valence-electron chi connectivity index (χ3n) is 3.58. The quantitative estimate of drug-likeness (QED) is 0.838. The average molecular weight is 282 g/mol. The molecule has 19 heavy (non-hydrogen) atoms. The molecule has 0 bridgehead atoms. The van der Waals surface area contributed by atoms with Gasteiger partial charge in [0.1, 0.15) is 5.82 Å². The summed E-state index contributed by atoms with van der Waals surface area (Å²) in [6, 6.07) is 4.04. The first kappa shape index (κ1) is 14.2. The van der Waals surface area contributed by atoms with Crippen molar-refractivity contribution in [3.8, 4) is 0 Å². The molecule has 2 rings (SSSR count). The number of nitrogens with one attached hydrogen (secondary N) is 1. The molecule has 0 spiro atoms. The minimum absolute atomic E-state index is 0.152. The number of carbonyl (C=O) groups is 1. The van der Waals surface area contributed by atoms with E-state index in [-0.39, 0.29) is 17.5 Å². The third kappa shape index (κ3) is 3.41. The van der Waals surface area contributed by atoms with Crippen LogP contribution in [0.2, 0.25) is 0 Å². The SMILES string of the molecule is CSC1CCCCC1NC(=O)c1cc(F)ccc1N. The minimum Gasteiger partial charge on any atom is -0.398 e. The van der Waals surface area contributed by atoms with Crippen LogP contribution >= 0.6 is 11.8 Å². The molecule has 3 N–H and O–H groups in total. The first-order chi connectivity index (χ1) is 9.11. The predicted octanol–water partition coefficient (Wildman–Crippen LogP) is 2.81. The van der Waals surface area contributed by atoms with E-state index in [1.807, 2.05) is 0 Å². The Hall–Kier alpha value is -1.23. The fraction of sp³-hybridized carbons (Fsp3) is 0.500. The maximum Gasteiger partial charge on any atom is 0.253 e. The molecule has 1 fully saturated rings. The first-order valence-electron chi connectivity index (χ1n) is 6.50. The predicted molar refractivity (Wildman–Crippen MR) is 77.8 cm³/mol. The highest BCUT2D eigenvalue weighted by Gasteiger charge is 2.26. The number of amides is 1. The Balaban J connectivity index is 2.09. The molecule has 5 heteroatoms. The van der Waals surface area contributed by atoms with Gasteiger partial charge in [-0.05, 0) is 37.3 Å². The molecular weight excluding hydrogens is 263 g/mol. The smallest absolute Gasteiger partial charge is 0.253 e. The standard InChI is InChI=1S/C14H19FN2OS/c1-19-13-5-3-2-4-12(13)17-14(18)10-8-9(15)6-7-11(10)16/h6-8,12-13H,2-5,16H2,1H3,(H,17,18). The van der Waals surface area contributed by atoms with E-state index in [1.54, 1.807) is 11.8 Å². The Kier molecular flexibility index (Phi) is 4.69. The van der Waals surface area contributed by atoms with Crippen LogP contribution < -0.4 is 11.1 Å². The highest BCUT2D eigenvalue weighted by Crippen LogP contribution is 2.27. The molecule has 104 valence electrons. The number of nitrogen functional groups attached to an aromatic ring is 1. The Bertz CT molecular complexity index is 467. The maximum atomic E-state index is 13.2. The summed E-state index contributed by atoms with van der Waals surface area (Å²) in [5.74, 6) is -0.715. The van der Waals surface area contributed by atoms with Crippen molar-refractivity contribution >= 4 is 23.4 Å². The summed E-state index contributed by atoms with van der Waals surface area (Å²) >= 11 is 1.78. The molecular formula is C14H19FN2OS. The van der Waals surface area contributed by atoms with Crippen LogP contribution in [0.25, 0.3) is 0 Å². The molecule has 2 unspecified atom stereocenters. The van der Waals surface area contributed by atoms with E-state index in [0.29, 0.717) is 10.9 Å². The van der Waals surface area contributed by atoms with Crippen LogP contribution in [0, 0.1) is 5.82 Å². The fourth-order valence-electron chi connectivity index (χ4n) is 2.52. The van der Waals surface area contributed by atoms with Gasteiger partial charge in [0.05, 0.1) is 5.56 Å². The topological polar surface area (TPSA) is 55.1 Å². The number of nitrogens with two attached hydrogens (primary N) is 1. The van der Waals surface area contributed by atoms with Crippen molar-refractivity contribution in [2.24, 2.45) is 0 Å². The summed E-state index contributed by atoms with van der Waals surface area (Å²) in [6.45, 7) is 0. The lowest BCUT2D eigenvalue weighted by Gasteiger charge is -2.31. The highest BCUT2D eigenvalue weighted by atomic mass is 32.2. The third-order valence-corrected chi connectivity index (χ3v) is 4.75. The maximum absolute atomic E-state index is 13.2. The lowest BCUT2D eigenvalue weighted by molar-refractivity contribution is 0.0930. The van der Waals surface area contributed by atoms with Crippen LogP contribution in [0.15, 0.2) is 18.2 Å². The van der Waals surface area contributed by atoms with E-state index < -0.39 is 5.82 Å². The van der Waals surface area contributed by atoms with Gasteiger partial charge >= 0.3 is 0 Å². The first-order valence-corrected chi connectivity index (χ1v) is 7.79. The van der Waals surface area contributed by atoms with Crippen LogP contribution in [-0.4, -0.2) is 23.5 Å². The molecule has 3 nitrogen and oxygen atoms in total. The Labute approximate surface area is 117 Å². The summed E-state index contributed by atoms with van der Waals surface area (Å²) < 4.78 is 13.2. The molecule has 1 aliphatic rings. The van der Waals surface area contributed by atoms with Gasteiger partial charge in [-0.3, -0.25) is 4.79 Å². The monoisotopic (exact) mass is 282 g/mol. The van der Waals surface area contributed by atoms with Gasteiger partial charge in [-0.15, -0.1) is 0 Å². The van der Waals surface area contributed by atoms with Gasteiger partial charge in [0.2, 0.25) is 0 Å². The summed E-state index contributed by atoms with van der Waals surface area (Å²) in [5, 5.41) is 3.44. The number of benzene rings is 1. The van der Waals surface area contributed by atoms with E-state index in [1.165, 1.54) is 24.6 Å². The molecule has 1 aromatic carbocycles. The largest absolute Gasteiger partial charge is 0.398 e. The minimum atomic E-state index is -0.440. The Morgan fingerprint density at radius 1 is 1.42 bits per heavy atom. The van der Waals surface area contributed by atoms with E-state index in [2.05, 4.69) is 11.6 Å². The van der Waals surface area contributed by atoms with Gasteiger partial charge in [0.25, 0.3) is 5.91 Å². The van der Waals surface area contributed by atoms with Crippen molar-refractivity contribution in [3.05, 3.63) is 29.6 Å². The second-order valence-corrected chi connectivity index (χ2v) is 5.95. The van der Waals surface area contributed by atoms with Gasteiger partial charge in [0.15, 0.2) is 0 Å². The number of halogens is 1.